The van der Waals surface area contributed by atoms with E-state index in [-0.39, 0.29) is 11.8 Å². The van der Waals surface area contributed by atoms with Crippen LogP contribution in [-0.2, 0) is 6.42 Å². The van der Waals surface area contributed by atoms with Gasteiger partial charge in [0.1, 0.15) is 17.0 Å². The summed E-state index contributed by atoms with van der Waals surface area (Å²) in [6, 6.07) is 5.56. The smallest absolute Gasteiger partial charge is 0.266 e. The summed E-state index contributed by atoms with van der Waals surface area (Å²) in [6.45, 7) is 5.04. The van der Waals surface area contributed by atoms with Gasteiger partial charge in [0.05, 0.1) is 5.69 Å². The van der Waals surface area contributed by atoms with Gasteiger partial charge in [0.25, 0.3) is 11.8 Å². The Bertz CT molecular complexity index is 926. The number of carbonyl (C=O) groups excluding carboxylic acids is 1. The second kappa shape index (κ2) is 7.30. The lowest BCUT2D eigenvalue weighted by Gasteiger charge is -2.30. The highest BCUT2D eigenvalue weighted by molar-refractivity contribution is 5.96. The molecule has 0 saturated carbocycles. The van der Waals surface area contributed by atoms with Crippen LogP contribution in [0.5, 0.6) is 0 Å². The third-order valence-corrected chi connectivity index (χ3v) is 4.92. The second-order valence-electron chi connectivity index (χ2n) is 6.65. The Morgan fingerprint density at radius 2 is 2.07 bits per heavy atom. The SMILES string of the molecule is CCc1onc(C)c1C(=O)N1CCC(c2nnc(-c3ccccn3)o2)CC1. The number of hydrogen-bond donors (Lipinski definition) is 0. The molecule has 0 unspecified atom stereocenters. The fraction of sp³-hybridized carbons (Fsp3) is 0.421. The summed E-state index contributed by atoms with van der Waals surface area (Å²) < 4.78 is 11.1. The molecule has 8 heteroatoms. The molecule has 3 aromatic heterocycles. The minimum atomic E-state index is -0.0104. The molecule has 0 radical (unpaired) electrons. The molecular weight excluding hydrogens is 346 g/mol. The van der Waals surface area contributed by atoms with Crippen LogP contribution < -0.4 is 0 Å². The Labute approximate surface area is 156 Å². The van der Waals surface area contributed by atoms with E-state index in [0.29, 0.717) is 54.0 Å². The fourth-order valence-corrected chi connectivity index (χ4v) is 3.41. The van der Waals surface area contributed by atoms with Gasteiger partial charge in [-0.05, 0) is 31.9 Å². The van der Waals surface area contributed by atoms with Crippen molar-refractivity contribution in [2.75, 3.05) is 13.1 Å². The van der Waals surface area contributed by atoms with Gasteiger partial charge in [0, 0.05) is 31.6 Å². The molecule has 1 fully saturated rings. The van der Waals surface area contributed by atoms with Gasteiger partial charge < -0.3 is 13.8 Å². The zero-order valence-electron chi connectivity index (χ0n) is 15.4. The third-order valence-electron chi connectivity index (χ3n) is 4.92. The molecule has 3 aromatic rings. The number of aryl methyl sites for hydroxylation is 2. The van der Waals surface area contributed by atoms with E-state index in [0.717, 1.165) is 12.8 Å². The van der Waals surface area contributed by atoms with E-state index in [1.54, 1.807) is 13.1 Å². The predicted octanol–water partition coefficient (Wildman–Crippen LogP) is 3.01. The number of rotatable bonds is 4. The van der Waals surface area contributed by atoms with E-state index < -0.39 is 0 Å². The highest BCUT2D eigenvalue weighted by Gasteiger charge is 2.30. The minimum absolute atomic E-state index is 0.0104. The monoisotopic (exact) mass is 367 g/mol. The molecule has 27 heavy (non-hydrogen) atoms. The van der Waals surface area contributed by atoms with Crippen LogP contribution in [0.2, 0.25) is 0 Å². The molecule has 0 aromatic carbocycles. The van der Waals surface area contributed by atoms with E-state index in [4.69, 9.17) is 8.94 Å². The average molecular weight is 367 g/mol. The number of aromatic nitrogens is 4. The van der Waals surface area contributed by atoms with Gasteiger partial charge in [0.2, 0.25) is 5.89 Å². The van der Waals surface area contributed by atoms with Crippen LogP contribution in [0.25, 0.3) is 11.6 Å². The van der Waals surface area contributed by atoms with Crippen molar-refractivity contribution in [3.8, 4) is 11.6 Å². The lowest BCUT2D eigenvalue weighted by atomic mass is 9.96. The topological polar surface area (TPSA) is 98.2 Å². The first-order chi connectivity index (χ1) is 13.2. The predicted molar refractivity (Wildman–Crippen MR) is 96.0 cm³/mol. The summed E-state index contributed by atoms with van der Waals surface area (Å²) in [7, 11) is 0. The highest BCUT2D eigenvalue weighted by Crippen LogP contribution is 2.30. The zero-order valence-corrected chi connectivity index (χ0v) is 15.4. The van der Waals surface area contributed by atoms with E-state index in [1.165, 1.54) is 0 Å². The molecule has 0 spiro atoms. The molecule has 1 saturated heterocycles. The van der Waals surface area contributed by atoms with Crippen LogP contribution in [-0.4, -0.2) is 44.2 Å². The maximum Gasteiger partial charge on any atom is 0.266 e. The summed E-state index contributed by atoms with van der Waals surface area (Å²) in [4.78, 5) is 18.9. The molecule has 0 aliphatic carbocycles. The van der Waals surface area contributed by atoms with Gasteiger partial charge in [0.15, 0.2) is 0 Å². The van der Waals surface area contributed by atoms with Crippen molar-refractivity contribution < 1.29 is 13.7 Å². The molecule has 0 bridgehead atoms. The molecule has 4 rings (SSSR count). The quantitative estimate of drug-likeness (QED) is 0.699. The highest BCUT2D eigenvalue weighted by atomic mass is 16.5. The minimum Gasteiger partial charge on any atom is -0.419 e. The van der Waals surface area contributed by atoms with Crippen LogP contribution in [0.15, 0.2) is 33.3 Å². The van der Waals surface area contributed by atoms with Crippen molar-refractivity contribution in [1.29, 1.82) is 0 Å². The summed E-state index contributed by atoms with van der Waals surface area (Å²) in [5.41, 5.74) is 1.92. The van der Waals surface area contributed by atoms with E-state index in [9.17, 15) is 4.79 Å². The Hall–Kier alpha value is -3.03. The average Bonchev–Trinajstić information content (AvgIpc) is 3.35. The van der Waals surface area contributed by atoms with Crippen molar-refractivity contribution >= 4 is 5.91 Å². The number of piperidine rings is 1. The van der Waals surface area contributed by atoms with Crippen LogP contribution >= 0.6 is 0 Å². The summed E-state index contributed by atoms with van der Waals surface area (Å²) in [5, 5.41) is 12.2. The first-order valence-corrected chi connectivity index (χ1v) is 9.16. The first kappa shape index (κ1) is 17.4. The van der Waals surface area contributed by atoms with Gasteiger partial charge in [-0.3, -0.25) is 9.78 Å². The van der Waals surface area contributed by atoms with Crippen LogP contribution in [0.4, 0.5) is 0 Å². The van der Waals surface area contributed by atoms with E-state index in [1.807, 2.05) is 30.0 Å². The number of pyridine rings is 1. The van der Waals surface area contributed by atoms with Crippen molar-refractivity contribution in [2.45, 2.75) is 39.0 Å². The lowest BCUT2D eigenvalue weighted by Crippen LogP contribution is -2.38. The van der Waals surface area contributed by atoms with Crippen LogP contribution in [0.1, 0.15) is 53.4 Å². The normalized spacial score (nSPS) is 15.3. The van der Waals surface area contributed by atoms with Gasteiger partial charge in [-0.25, -0.2) is 0 Å². The van der Waals surface area contributed by atoms with E-state index >= 15 is 0 Å². The molecule has 140 valence electrons. The Kier molecular flexibility index (Phi) is 4.70. The third kappa shape index (κ3) is 3.34. The molecule has 1 aliphatic rings. The maximum atomic E-state index is 12.9. The second-order valence-corrected chi connectivity index (χ2v) is 6.65. The van der Waals surface area contributed by atoms with Gasteiger partial charge >= 0.3 is 0 Å². The summed E-state index contributed by atoms with van der Waals surface area (Å²) in [5.74, 6) is 1.82. The Balaban J connectivity index is 1.43. The molecule has 4 heterocycles. The first-order valence-electron chi connectivity index (χ1n) is 9.16. The molecule has 0 atom stereocenters. The number of carbonyl (C=O) groups is 1. The van der Waals surface area contributed by atoms with Crippen LogP contribution in [0.3, 0.4) is 0 Å². The number of nitrogens with zero attached hydrogens (tertiary/aromatic N) is 5. The largest absolute Gasteiger partial charge is 0.419 e. The fourth-order valence-electron chi connectivity index (χ4n) is 3.41. The lowest BCUT2D eigenvalue weighted by molar-refractivity contribution is 0.0703. The zero-order chi connectivity index (χ0) is 18.8. The Morgan fingerprint density at radius 3 is 2.78 bits per heavy atom. The Morgan fingerprint density at radius 1 is 1.26 bits per heavy atom. The summed E-state index contributed by atoms with van der Waals surface area (Å²) in [6.07, 6.45) is 3.90. The summed E-state index contributed by atoms with van der Waals surface area (Å²) >= 11 is 0. The van der Waals surface area contributed by atoms with Crippen molar-refractivity contribution in [1.82, 2.24) is 25.2 Å². The number of hydrogen-bond acceptors (Lipinski definition) is 7. The van der Waals surface area contributed by atoms with Crippen molar-refractivity contribution in [2.24, 2.45) is 0 Å². The van der Waals surface area contributed by atoms with Gasteiger partial charge in [-0.2, -0.15) is 0 Å². The van der Waals surface area contributed by atoms with Gasteiger partial charge in [-0.15, -0.1) is 10.2 Å². The van der Waals surface area contributed by atoms with E-state index in [2.05, 4.69) is 20.3 Å². The van der Waals surface area contributed by atoms with Crippen molar-refractivity contribution in [3.05, 3.63) is 47.3 Å². The van der Waals surface area contributed by atoms with Crippen LogP contribution in [0, 0.1) is 6.92 Å². The standard InChI is InChI=1S/C19H21N5O3/c1-3-15-16(12(2)23-27-15)19(25)24-10-7-13(8-11-24)17-21-22-18(26-17)14-6-4-5-9-20-14/h4-6,9,13H,3,7-8,10-11H2,1-2H3. The molecular formula is C19H21N5O3. The molecule has 1 aliphatic heterocycles. The number of amides is 1. The molecule has 1 amide bonds. The maximum absolute atomic E-state index is 12.9. The molecule has 0 N–H and O–H groups in total. The number of likely N-dealkylation sites (tertiary alicyclic amines) is 1. The van der Waals surface area contributed by atoms with Gasteiger partial charge in [-0.1, -0.05) is 18.1 Å². The molecule has 8 nitrogen and oxygen atoms in total. The van der Waals surface area contributed by atoms with Crippen molar-refractivity contribution in [3.63, 3.8) is 0 Å².